The predicted molar refractivity (Wildman–Crippen MR) is 53.8 cm³/mol. The van der Waals surface area contributed by atoms with E-state index in [9.17, 15) is 14.7 Å². The molecule has 0 heterocycles. The second kappa shape index (κ2) is 7.43. The molecule has 1 atom stereocenters. The molecule has 80 valence electrons. The van der Waals surface area contributed by atoms with Crippen molar-refractivity contribution in [1.82, 2.24) is 10.6 Å². The van der Waals surface area contributed by atoms with Crippen LogP contribution in [0.15, 0.2) is 0 Å². The molecule has 0 rings (SSSR count). The molecule has 0 aromatic heterocycles. The Morgan fingerprint density at radius 3 is 2.27 bits per heavy atom. The Balaban J connectivity index is 4.02. The summed E-state index contributed by atoms with van der Waals surface area (Å²) >= 11 is 0. The molecule has 2 amide bonds. The van der Waals surface area contributed by atoms with Gasteiger partial charge < -0.3 is 5.11 Å². The zero-order valence-electron chi connectivity index (χ0n) is 8.55. The molecule has 0 aliphatic carbocycles. The molecule has 0 aliphatic rings. The molecule has 0 saturated heterocycles. The Labute approximate surface area is 88.2 Å². The van der Waals surface area contributed by atoms with Crippen LogP contribution in [-0.2, 0) is 9.59 Å². The van der Waals surface area contributed by atoms with Crippen LogP contribution in [0.2, 0.25) is 0 Å². The maximum atomic E-state index is 11.0. The minimum Gasteiger partial charge on any atom is -0.383 e. The van der Waals surface area contributed by atoms with Crippen LogP contribution in [0, 0.1) is 23.9 Å². The number of carbonyl (C=O) groups is 2. The van der Waals surface area contributed by atoms with Gasteiger partial charge in [-0.05, 0) is 13.8 Å². The average Bonchev–Trinajstić information content (AvgIpc) is 2.22. The van der Waals surface area contributed by atoms with Crippen LogP contribution in [0.1, 0.15) is 20.3 Å². The highest BCUT2D eigenvalue weighted by Gasteiger charge is 2.17. The number of carbonyl (C=O) groups excluding carboxylic acids is 2. The Morgan fingerprint density at radius 1 is 1.20 bits per heavy atom. The fraction of sp³-hybridized carbons (Fsp3) is 0.400. The Bertz CT molecular complexity index is 354. The summed E-state index contributed by atoms with van der Waals surface area (Å²) in [5.74, 6) is 3.65. The molecule has 0 aromatic carbocycles. The molecule has 5 heteroatoms. The van der Waals surface area contributed by atoms with Gasteiger partial charge in [-0.1, -0.05) is 11.8 Å². The molecular formula is C10H12N2O3. The summed E-state index contributed by atoms with van der Waals surface area (Å²) in [6, 6.07) is 4.59. The molecule has 1 unspecified atom stereocenters. The Hall–Kier alpha value is -1.98. The van der Waals surface area contributed by atoms with E-state index in [1.54, 1.807) is 6.92 Å². The third-order valence-corrected chi connectivity index (χ3v) is 1.32. The van der Waals surface area contributed by atoms with E-state index in [-0.39, 0.29) is 6.42 Å². The molecule has 0 fully saturated rings. The number of amides is 2. The van der Waals surface area contributed by atoms with Gasteiger partial charge in [-0.3, -0.25) is 20.2 Å². The highest BCUT2D eigenvalue weighted by Crippen LogP contribution is 1.90. The normalized spacial score (nSPS) is 9.80. The van der Waals surface area contributed by atoms with Gasteiger partial charge in [-0.2, -0.15) is 0 Å². The first-order valence-electron chi connectivity index (χ1n) is 4.22. The maximum absolute atomic E-state index is 11.0. The molecule has 0 radical (unpaired) electrons. The monoisotopic (exact) mass is 208 g/mol. The molecule has 0 bridgehead atoms. The molecule has 0 aromatic rings. The van der Waals surface area contributed by atoms with E-state index < -0.39 is 17.9 Å². The minimum absolute atomic E-state index is 0.341. The van der Waals surface area contributed by atoms with Crippen molar-refractivity contribution in [3.8, 4) is 23.9 Å². The van der Waals surface area contributed by atoms with Gasteiger partial charge in [0.25, 0.3) is 5.91 Å². The molecule has 0 spiro atoms. The van der Waals surface area contributed by atoms with Crippen molar-refractivity contribution in [3.63, 3.8) is 0 Å². The average molecular weight is 208 g/mol. The van der Waals surface area contributed by atoms with Gasteiger partial charge >= 0.3 is 0 Å². The summed E-state index contributed by atoms with van der Waals surface area (Å²) in [6.07, 6.45) is -1.75. The number of hydrogen-bond donors (Lipinski definition) is 3. The van der Waals surface area contributed by atoms with Crippen molar-refractivity contribution in [3.05, 3.63) is 0 Å². The Kier molecular flexibility index (Phi) is 6.45. The summed E-state index contributed by atoms with van der Waals surface area (Å²) in [5, 5.41) is 13.6. The Morgan fingerprint density at radius 2 is 1.73 bits per heavy atom. The highest BCUT2D eigenvalue weighted by molar-refractivity contribution is 5.88. The molecule has 3 N–H and O–H groups in total. The topological polar surface area (TPSA) is 78.4 Å². The number of aliphatic hydroxyl groups is 1. The van der Waals surface area contributed by atoms with E-state index in [0.717, 1.165) is 0 Å². The van der Waals surface area contributed by atoms with Crippen LogP contribution in [0.25, 0.3) is 0 Å². The van der Waals surface area contributed by atoms with Gasteiger partial charge in [-0.25, -0.2) is 0 Å². The van der Waals surface area contributed by atoms with Gasteiger partial charge in [0.05, 0.1) is 6.42 Å². The molecule has 15 heavy (non-hydrogen) atoms. The molecule has 0 saturated carbocycles. The summed E-state index contributed by atoms with van der Waals surface area (Å²) in [5.41, 5.74) is 0. The second-order valence-electron chi connectivity index (χ2n) is 2.51. The van der Waals surface area contributed by atoms with Gasteiger partial charge in [0, 0.05) is 12.1 Å². The van der Waals surface area contributed by atoms with Gasteiger partial charge in [-0.15, -0.1) is 0 Å². The van der Waals surface area contributed by atoms with Crippen molar-refractivity contribution in [2.45, 2.75) is 26.4 Å². The minimum atomic E-state index is -1.41. The van der Waals surface area contributed by atoms with Crippen LogP contribution in [-0.4, -0.2) is 23.0 Å². The summed E-state index contributed by atoms with van der Waals surface area (Å²) in [7, 11) is 0. The van der Waals surface area contributed by atoms with E-state index in [0.29, 0.717) is 0 Å². The van der Waals surface area contributed by atoms with E-state index in [1.165, 1.54) is 6.92 Å². The fourth-order valence-electron chi connectivity index (χ4n) is 0.659. The van der Waals surface area contributed by atoms with E-state index in [2.05, 4.69) is 34.6 Å². The lowest BCUT2D eigenvalue weighted by Crippen LogP contribution is -2.35. The summed E-state index contributed by atoms with van der Waals surface area (Å²) < 4.78 is 0. The number of aliphatic hydroxyl groups excluding tert-OH is 1. The SMILES string of the molecule is CC#CNC(=O)CC(O)C(=O)NC#CC. The number of rotatable bonds is 3. The van der Waals surface area contributed by atoms with E-state index in [4.69, 9.17) is 0 Å². The van der Waals surface area contributed by atoms with Crippen LogP contribution < -0.4 is 10.6 Å². The van der Waals surface area contributed by atoms with Crippen LogP contribution in [0.5, 0.6) is 0 Å². The maximum Gasteiger partial charge on any atom is 0.260 e. The van der Waals surface area contributed by atoms with Crippen molar-refractivity contribution >= 4 is 11.8 Å². The lowest BCUT2D eigenvalue weighted by atomic mass is 10.2. The molecule has 5 nitrogen and oxygen atoms in total. The van der Waals surface area contributed by atoms with E-state index in [1.807, 2.05) is 0 Å². The first-order valence-corrected chi connectivity index (χ1v) is 4.22. The van der Waals surface area contributed by atoms with Gasteiger partial charge in [0.15, 0.2) is 0 Å². The first kappa shape index (κ1) is 13.0. The van der Waals surface area contributed by atoms with Crippen molar-refractivity contribution < 1.29 is 14.7 Å². The zero-order chi connectivity index (χ0) is 11.7. The van der Waals surface area contributed by atoms with Crippen LogP contribution >= 0.6 is 0 Å². The standard InChI is InChI=1S/C10H12N2O3/c1-3-5-11-9(14)7-8(13)10(15)12-6-4-2/h8,13H,7H2,1-2H3,(H,11,14)(H,12,15). The number of hydrogen-bond acceptors (Lipinski definition) is 3. The van der Waals surface area contributed by atoms with Crippen LogP contribution in [0.4, 0.5) is 0 Å². The lowest BCUT2D eigenvalue weighted by Gasteiger charge is -2.05. The smallest absolute Gasteiger partial charge is 0.260 e. The summed E-state index contributed by atoms with van der Waals surface area (Å²) in [6.45, 7) is 3.09. The van der Waals surface area contributed by atoms with Crippen LogP contribution in [0.3, 0.4) is 0 Å². The highest BCUT2D eigenvalue weighted by atomic mass is 16.3. The van der Waals surface area contributed by atoms with Gasteiger partial charge in [0.2, 0.25) is 5.91 Å². The van der Waals surface area contributed by atoms with Crippen molar-refractivity contribution in [1.29, 1.82) is 0 Å². The number of nitrogens with one attached hydrogen (secondary N) is 2. The van der Waals surface area contributed by atoms with Crippen molar-refractivity contribution in [2.75, 3.05) is 0 Å². The predicted octanol–water partition coefficient (Wildman–Crippen LogP) is -1.07. The van der Waals surface area contributed by atoms with Gasteiger partial charge in [0.1, 0.15) is 6.10 Å². The zero-order valence-corrected chi connectivity index (χ0v) is 8.55. The second-order valence-corrected chi connectivity index (χ2v) is 2.51. The quantitative estimate of drug-likeness (QED) is 0.408. The fourth-order valence-corrected chi connectivity index (χ4v) is 0.659. The molecule has 0 aliphatic heterocycles. The lowest BCUT2D eigenvalue weighted by molar-refractivity contribution is -0.133. The largest absolute Gasteiger partial charge is 0.383 e. The molecular weight excluding hydrogens is 196 g/mol. The van der Waals surface area contributed by atoms with E-state index >= 15 is 0 Å². The first-order chi connectivity index (χ1) is 7.11. The summed E-state index contributed by atoms with van der Waals surface area (Å²) in [4.78, 5) is 22.0. The third kappa shape index (κ3) is 6.14. The van der Waals surface area contributed by atoms with Crippen molar-refractivity contribution in [2.24, 2.45) is 0 Å². The third-order valence-electron chi connectivity index (χ3n) is 1.32.